The normalized spacial score (nSPS) is 10.0. The highest BCUT2D eigenvalue weighted by Gasteiger charge is 2.14. The maximum atomic E-state index is 12.0. The van der Waals surface area contributed by atoms with Crippen LogP contribution in [0.5, 0.6) is 0 Å². The SMILES string of the molecule is CCc1cc(C(=O)OCC(=O)Nc2ccc(CC#N)cc2)sc1C. The molecule has 0 aliphatic rings. The number of hydrogen-bond donors (Lipinski definition) is 1. The van der Waals surface area contributed by atoms with Crippen molar-refractivity contribution in [2.75, 3.05) is 11.9 Å². The molecule has 0 fully saturated rings. The Kier molecular flexibility index (Phi) is 6.10. The van der Waals surface area contributed by atoms with Crippen molar-refractivity contribution in [2.45, 2.75) is 26.7 Å². The van der Waals surface area contributed by atoms with Crippen LogP contribution in [0.4, 0.5) is 5.69 Å². The van der Waals surface area contributed by atoms with Crippen LogP contribution >= 0.6 is 11.3 Å². The first-order valence-electron chi connectivity index (χ1n) is 7.55. The quantitative estimate of drug-likeness (QED) is 0.815. The van der Waals surface area contributed by atoms with Gasteiger partial charge in [-0.2, -0.15) is 5.26 Å². The van der Waals surface area contributed by atoms with E-state index < -0.39 is 11.9 Å². The highest BCUT2D eigenvalue weighted by atomic mass is 32.1. The molecule has 0 atom stereocenters. The average molecular weight is 342 g/mol. The summed E-state index contributed by atoms with van der Waals surface area (Å²) in [6, 6.07) is 10.8. The third-order valence-electron chi connectivity index (χ3n) is 3.46. The van der Waals surface area contributed by atoms with Crippen molar-refractivity contribution in [1.29, 1.82) is 5.26 Å². The highest BCUT2D eigenvalue weighted by molar-refractivity contribution is 7.14. The van der Waals surface area contributed by atoms with Gasteiger partial charge in [0.15, 0.2) is 6.61 Å². The number of nitrogens with zero attached hydrogens (tertiary/aromatic N) is 1. The van der Waals surface area contributed by atoms with E-state index in [0.717, 1.165) is 22.4 Å². The number of rotatable bonds is 6. The average Bonchev–Trinajstić information content (AvgIpc) is 2.96. The van der Waals surface area contributed by atoms with Crippen molar-refractivity contribution in [3.8, 4) is 6.07 Å². The van der Waals surface area contributed by atoms with E-state index in [2.05, 4.69) is 11.4 Å². The Labute approximate surface area is 144 Å². The molecule has 0 saturated carbocycles. The fraction of sp³-hybridized carbons (Fsp3) is 0.278. The Bertz CT molecular complexity index is 773. The number of nitriles is 1. The summed E-state index contributed by atoms with van der Waals surface area (Å²) in [5.41, 5.74) is 2.59. The molecule has 1 heterocycles. The van der Waals surface area contributed by atoms with Gasteiger partial charge in [-0.1, -0.05) is 19.1 Å². The van der Waals surface area contributed by atoms with Crippen LogP contribution in [0.1, 0.15) is 32.6 Å². The zero-order chi connectivity index (χ0) is 17.5. The van der Waals surface area contributed by atoms with Gasteiger partial charge in [0.2, 0.25) is 0 Å². The molecule has 124 valence electrons. The molecule has 0 unspecified atom stereocenters. The van der Waals surface area contributed by atoms with Gasteiger partial charge in [0, 0.05) is 10.6 Å². The number of hydrogen-bond acceptors (Lipinski definition) is 5. The molecule has 0 aliphatic carbocycles. The van der Waals surface area contributed by atoms with Gasteiger partial charge < -0.3 is 10.1 Å². The summed E-state index contributed by atoms with van der Waals surface area (Å²) >= 11 is 1.38. The molecule has 1 aromatic carbocycles. The molecular weight excluding hydrogens is 324 g/mol. The molecule has 0 radical (unpaired) electrons. The van der Waals surface area contributed by atoms with E-state index in [-0.39, 0.29) is 6.61 Å². The first-order valence-corrected chi connectivity index (χ1v) is 8.37. The van der Waals surface area contributed by atoms with Gasteiger partial charge in [-0.05, 0) is 42.7 Å². The largest absolute Gasteiger partial charge is 0.451 e. The van der Waals surface area contributed by atoms with Crippen molar-refractivity contribution in [3.05, 3.63) is 51.2 Å². The lowest BCUT2D eigenvalue weighted by molar-refractivity contribution is -0.119. The number of aryl methyl sites for hydroxylation is 2. The highest BCUT2D eigenvalue weighted by Crippen LogP contribution is 2.22. The number of esters is 1. The molecule has 1 N–H and O–H groups in total. The predicted molar refractivity (Wildman–Crippen MR) is 93.1 cm³/mol. The predicted octanol–water partition coefficient (Wildman–Crippen LogP) is 3.48. The van der Waals surface area contributed by atoms with Crippen molar-refractivity contribution >= 4 is 28.9 Å². The third-order valence-corrected chi connectivity index (χ3v) is 4.53. The van der Waals surface area contributed by atoms with Crippen LogP contribution in [-0.4, -0.2) is 18.5 Å². The van der Waals surface area contributed by atoms with Crippen LogP contribution in [0.2, 0.25) is 0 Å². The Hall–Kier alpha value is -2.65. The van der Waals surface area contributed by atoms with Crippen molar-refractivity contribution in [3.63, 3.8) is 0 Å². The summed E-state index contributed by atoms with van der Waals surface area (Å²) in [6.45, 7) is 3.65. The summed E-state index contributed by atoms with van der Waals surface area (Å²) in [5, 5.41) is 11.3. The Morgan fingerprint density at radius 2 is 2.00 bits per heavy atom. The van der Waals surface area contributed by atoms with Gasteiger partial charge in [0.05, 0.1) is 12.5 Å². The first kappa shape index (κ1) is 17.7. The molecule has 2 aromatic rings. The molecule has 1 amide bonds. The molecule has 1 aromatic heterocycles. The molecule has 0 saturated heterocycles. The van der Waals surface area contributed by atoms with E-state index in [1.807, 2.05) is 19.9 Å². The van der Waals surface area contributed by atoms with Crippen molar-refractivity contribution in [2.24, 2.45) is 0 Å². The second-order valence-corrected chi connectivity index (χ2v) is 6.46. The maximum absolute atomic E-state index is 12.0. The van der Waals surface area contributed by atoms with Crippen LogP contribution in [0, 0.1) is 18.3 Å². The number of thiophene rings is 1. The molecule has 6 heteroatoms. The number of anilines is 1. The Balaban J connectivity index is 1.86. The lowest BCUT2D eigenvalue weighted by atomic mass is 10.1. The van der Waals surface area contributed by atoms with Crippen LogP contribution in [-0.2, 0) is 22.4 Å². The lowest BCUT2D eigenvalue weighted by Crippen LogP contribution is -2.20. The molecule has 2 rings (SSSR count). The van der Waals surface area contributed by atoms with Gasteiger partial charge in [-0.25, -0.2) is 4.79 Å². The monoisotopic (exact) mass is 342 g/mol. The summed E-state index contributed by atoms with van der Waals surface area (Å²) in [5.74, 6) is -0.886. The van der Waals surface area contributed by atoms with Gasteiger partial charge >= 0.3 is 5.97 Å². The first-order chi connectivity index (χ1) is 11.5. The van der Waals surface area contributed by atoms with Crippen LogP contribution in [0.15, 0.2) is 30.3 Å². The second-order valence-electron chi connectivity index (χ2n) is 5.20. The van der Waals surface area contributed by atoms with Crippen LogP contribution in [0.25, 0.3) is 0 Å². The standard InChI is InChI=1S/C18H18N2O3S/c1-3-14-10-16(24-12(14)2)18(22)23-11-17(21)20-15-6-4-13(5-7-15)8-9-19/h4-7,10H,3,8,11H2,1-2H3,(H,20,21). The van der Waals surface area contributed by atoms with Gasteiger partial charge in [-0.15, -0.1) is 11.3 Å². The van der Waals surface area contributed by atoms with Crippen molar-refractivity contribution in [1.82, 2.24) is 0 Å². The molecule has 24 heavy (non-hydrogen) atoms. The minimum atomic E-state index is -0.484. The lowest BCUT2D eigenvalue weighted by Gasteiger charge is -2.06. The van der Waals surface area contributed by atoms with Gasteiger partial charge in [0.1, 0.15) is 4.88 Å². The zero-order valence-electron chi connectivity index (χ0n) is 13.6. The number of carbonyl (C=O) groups excluding carboxylic acids is 2. The molecule has 0 bridgehead atoms. The number of ether oxygens (including phenoxy) is 1. The number of nitrogens with one attached hydrogen (secondary N) is 1. The number of benzene rings is 1. The van der Waals surface area contributed by atoms with Gasteiger partial charge in [-0.3, -0.25) is 4.79 Å². The van der Waals surface area contributed by atoms with E-state index >= 15 is 0 Å². The summed E-state index contributed by atoms with van der Waals surface area (Å²) in [6.07, 6.45) is 1.18. The van der Waals surface area contributed by atoms with E-state index in [1.54, 1.807) is 24.3 Å². The Morgan fingerprint density at radius 1 is 1.29 bits per heavy atom. The fourth-order valence-corrected chi connectivity index (χ4v) is 3.18. The topological polar surface area (TPSA) is 79.2 Å². The van der Waals surface area contributed by atoms with E-state index in [4.69, 9.17) is 10.00 Å². The van der Waals surface area contributed by atoms with Crippen molar-refractivity contribution < 1.29 is 14.3 Å². The van der Waals surface area contributed by atoms with Crippen LogP contribution < -0.4 is 5.32 Å². The molecule has 0 aliphatic heterocycles. The maximum Gasteiger partial charge on any atom is 0.348 e. The summed E-state index contributed by atoms with van der Waals surface area (Å²) in [4.78, 5) is 25.4. The molecule has 0 spiro atoms. The van der Waals surface area contributed by atoms with E-state index in [0.29, 0.717) is 17.0 Å². The van der Waals surface area contributed by atoms with Crippen LogP contribution in [0.3, 0.4) is 0 Å². The Morgan fingerprint density at radius 3 is 2.58 bits per heavy atom. The smallest absolute Gasteiger partial charge is 0.348 e. The minimum Gasteiger partial charge on any atom is -0.451 e. The summed E-state index contributed by atoms with van der Waals surface area (Å²) < 4.78 is 5.05. The number of carbonyl (C=O) groups is 2. The zero-order valence-corrected chi connectivity index (χ0v) is 14.4. The summed E-state index contributed by atoms with van der Waals surface area (Å²) in [7, 11) is 0. The fourth-order valence-electron chi connectivity index (χ4n) is 2.17. The minimum absolute atomic E-state index is 0.325. The molecule has 5 nitrogen and oxygen atoms in total. The van der Waals surface area contributed by atoms with E-state index in [1.165, 1.54) is 11.3 Å². The van der Waals surface area contributed by atoms with Gasteiger partial charge in [0.25, 0.3) is 5.91 Å². The second kappa shape index (κ2) is 8.27. The van der Waals surface area contributed by atoms with E-state index in [9.17, 15) is 9.59 Å². The molecular formula is C18H18N2O3S. The number of amides is 1. The third kappa shape index (κ3) is 4.67.